The molecule has 0 radical (unpaired) electrons. The zero-order valence-corrected chi connectivity index (χ0v) is 16.0. The molecule has 1 aromatic heterocycles. The summed E-state index contributed by atoms with van der Waals surface area (Å²) in [6.07, 6.45) is 2.28. The third-order valence-corrected chi connectivity index (χ3v) is 5.10. The van der Waals surface area contributed by atoms with Crippen molar-refractivity contribution in [3.8, 4) is 0 Å². The van der Waals surface area contributed by atoms with Crippen molar-refractivity contribution >= 4 is 28.4 Å². The molecule has 0 aliphatic carbocycles. The molecule has 2 aromatic carbocycles. The molecule has 0 saturated carbocycles. The molecular weight excluding hydrogens is 352 g/mol. The minimum absolute atomic E-state index is 0.116. The summed E-state index contributed by atoms with van der Waals surface area (Å²) in [7, 11) is 0. The number of carbonyl (C=O) groups is 2. The van der Waals surface area contributed by atoms with Crippen molar-refractivity contribution in [2.45, 2.75) is 20.3 Å². The number of amides is 1. The van der Waals surface area contributed by atoms with Gasteiger partial charge in [-0.05, 0) is 43.5 Å². The summed E-state index contributed by atoms with van der Waals surface area (Å²) < 4.78 is 5.28. The number of para-hydroxylation sites is 1. The van der Waals surface area contributed by atoms with Crippen LogP contribution in [0.2, 0.25) is 0 Å². The number of carbonyl (C=O) groups excluding carboxylic acids is 2. The summed E-state index contributed by atoms with van der Waals surface area (Å²) in [4.78, 5) is 30.8. The summed E-state index contributed by atoms with van der Waals surface area (Å²) in [6, 6.07) is 15.4. The third kappa shape index (κ3) is 3.09. The standard InChI is InChI=1S/C23H22N2O3/c1-3-28-23(27)19-14-25(22(26)16-9-5-4-8-15(16)2)13-12-18-17-10-6-7-11-20(17)24-21(18)19/h4-11,14,24H,3,12-13H2,1-2H3. The van der Waals surface area contributed by atoms with Crippen LogP contribution in [0.3, 0.4) is 0 Å². The first-order valence-corrected chi connectivity index (χ1v) is 9.45. The second-order valence-electron chi connectivity index (χ2n) is 6.85. The van der Waals surface area contributed by atoms with Crippen LogP contribution in [0.1, 0.15) is 34.1 Å². The van der Waals surface area contributed by atoms with Gasteiger partial charge in [-0.25, -0.2) is 4.79 Å². The number of fused-ring (bicyclic) bond motifs is 3. The van der Waals surface area contributed by atoms with Crippen molar-refractivity contribution in [1.29, 1.82) is 0 Å². The molecule has 142 valence electrons. The number of hydrogen-bond donors (Lipinski definition) is 1. The number of H-pyrrole nitrogens is 1. The van der Waals surface area contributed by atoms with Crippen LogP contribution in [0.4, 0.5) is 0 Å². The van der Waals surface area contributed by atoms with Crippen molar-refractivity contribution in [3.63, 3.8) is 0 Å². The Morgan fingerprint density at radius 1 is 1.11 bits per heavy atom. The zero-order valence-electron chi connectivity index (χ0n) is 16.0. The minimum Gasteiger partial charge on any atom is -0.462 e. The van der Waals surface area contributed by atoms with E-state index in [1.807, 2.05) is 55.5 Å². The Morgan fingerprint density at radius 3 is 2.64 bits per heavy atom. The van der Waals surface area contributed by atoms with E-state index in [1.165, 1.54) is 0 Å². The first-order chi connectivity index (χ1) is 13.6. The number of aryl methyl sites for hydroxylation is 1. The lowest BCUT2D eigenvalue weighted by atomic mass is 10.0. The lowest BCUT2D eigenvalue weighted by Gasteiger charge is -2.19. The van der Waals surface area contributed by atoms with Gasteiger partial charge in [0.1, 0.15) is 0 Å². The summed E-state index contributed by atoms with van der Waals surface area (Å²) in [5.41, 5.74) is 4.67. The molecule has 2 heterocycles. The van der Waals surface area contributed by atoms with E-state index in [-0.39, 0.29) is 12.5 Å². The SMILES string of the molecule is CCOC(=O)C1=CN(C(=O)c2ccccc2C)CCc2c1[nH]c1ccccc21. The van der Waals surface area contributed by atoms with E-state index in [9.17, 15) is 9.59 Å². The number of hydrogen-bond acceptors (Lipinski definition) is 3. The fraction of sp³-hybridized carbons (Fsp3) is 0.217. The van der Waals surface area contributed by atoms with Crippen molar-refractivity contribution < 1.29 is 14.3 Å². The fourth-order valence-electron chi connectivity index (χ4n) is 3.70. The summed E-state index contributed by atoms with van der Waals surface area (Å²) in [5, 5.41) is 1.07. The van der Waals surface area contributed by atoms with Gasteiger partial charge < -0.3 is 14.6 Å². The molecule has 0 fully saturated rings. The highest BCUT2D eigenvalue weighted by molar-refractivity contribution is 6.18. The largest absolute Gasteiger partial charge is 0.462 e. The van der Waals surface area contributed by atoms with Crippen molar-refractivity contribution in [1.82, 2.24) is 9.88 Å². The molecule has 0 saturated heterocycles. The van der Waals surface area contributed by atoms with Crippen molar-refractivity contribution in [2.24, 2.45) is 0 Å². The van der Waals surface area contributed by atoms with Crippen LogP contribution in [0.5, 0.6) is 0 Å². The van der Waals surface area contributed by atoms with Gasteiger partial charge >= 0.3 is 5.97 Å². The van der Waals surface area contributed by atoms with Gasteiger partial charge in [0.05, 0.1) is 17.9 Å². The van der Waals surface area contributed by atoms with E-state index < -0.39 is 5.97 Å². The number of nitrogens with one attached hydrogen (secondary N) is 1. The fourth-order valence-corrected chi connectivity index (χ4v) is 3.70. The Balaban J connectivity index is 1.81. The van der Waals surface area contributed by atoms with Gasteiger partial charge in [-0.3, -0.25) is 4.79 Å². The maximum Gasteiger partial charge on any atom is 0.341 e. The number of esters is 1. The number of aromatic nitrogens is 1. The molecule has 5 heteroatoms. The van der Waals surface area contributed by atoms with Crippen LogP contribution < -0.4 is 0 Å². The van der Waals surface area contributed by atoms with E-state index in [2.05, 4.69) is 4.98 Å². The zero-order chi connectivity index (χ0) is 19.7. The number of ether oxygens (including phenoxy) is 1. The Morgan fingerprint density at radius 2 is 1.86 bits per heavy atom. The molecule has 1 aliphatic rings. The second kappa shape index (κ2) is 7.35. The molecule has 28 heavy (non-hydrogen) atoms. The average molecular weight is 374 g/mol. The predicted molar refractivity (Wildman–Crippen MR) is 109 cm³/mol. The van der Waals surface area contributed by atoms with Crippen LogP contribution in [0.25, 0.3) is 16.5 Å². The van der Waals surface area contributed by atoms with Crippen LogP contribution in [0.15, 0.2) is 54.7 Å². The van der Waals surface area contributed by atoms with E-state index in [1.54, 1.807) is 18.0 Å². The maximum atomic E-state index is 13.2. The molecule has 1 aliphatic heterocycles. The van der Waals surface area contributed by atoms with Crippen LogP contribution in [-0.2, 0) is 16.0 Å². The Labute approximate surface area is 163 Å². The van der Waals surface area contributed by atoms with E-state index in [0.29, 0.717) is 24.1 Å². The summed E-state index contributed by atoms with van der Waals surface area (Å²) >= 11 is 0. The predicted octanol–water partition coefficient (Wildman–Crippen LogP) is 4.08. The van der Waals surface area contributed by atoms with E-state index in [4.69, 9.17) is 4.74 Å². The Bertz CT molecular complexity index is 1090. The Kier molecular flexibility index (Phi) is 4.74. The van der Waals surface area contributed by atoms with Gasteiger partial charge in [0.25, 0.3) is 5.91 Å². The molecule has 0 atom stereocenters. The molecular formula is C23H22N2O3. The molecule has 0 bridgehead atoms. The number of nitrogens with zero attached hydrogens (tertiary/aromatic N) is 1. The summed E-state index contributed by atoms with van der Waals surface area (Å²) in [5.74, 6) is -0.547. The average Bonchev–Trinajstić information content (AvgIpc) is 2.95. The van der Waals surface area contributed by atoms with E-state index >= 15 is 0 Å². The lowest BCUT2D eigenvalue weighted by Crippen LogP contribution is -2.28. The highest BCUT2D eigenvalue weighted by atomic mass is 16.5. The molecule has 0 unspecified atom stereocenters. The topological polar surface area (TPSA) is 62.4 Å². The van der Waals surface area contributed by atoms with Gasteiger partial charge in [-0.15, -0.1) is 0 Å². The maximum absolute atomic E-state index is 13.2. The van der Waals surface area contributed by atoms with Gasteiger partial charge in [-0.1, -0.05) is 36.4 Å². The molecule has 3 aromatic rings. The highest BCUT2D eigenvalue weighted by Gasteiger charge is 2.27. The minimum atomic E-state index is -0.431. The quantitative estimate of drug-likeness (QED) is 0.703. The number of benzene rings is 2. The molecule has 5 nitrogen and oxygen atoms in total. The smallest absolute Gasteiger partial charge is 0.341 e. The molecule has 1 N–H and O–H groups in total. The highest BCUT2D eigenvalue weighted by Crippen LogP contribution is 2.31. The van der Waals surface area contributed by atoms with E-state index in [0.717, 1.165) is 27.7 Å². The van der Waals surface area contributed by atoms with Gasteiger partial charge in [0, 0.05) is 29.2 Å². The number of rotatable bonds is 3. The normalized spacial score (nSPS) is 13.6. The molecule has 1 amide bonds. The molecule has 4 rings (SSSR count). The van der Waals surface area contributed by atoms with Crippen molar-refractivity contribution in [3.05, 3.63) is 77.1 Å². The third-order valence-electron chi connectivity index (χ3n) is 5.10. The first kappa shape index (κ1) is 18.0. The van der Waals surface area contributed by atoms with Crippen LogP contribution >= 0.6 is 0 Å². The second-order valence-corrected chi connectivity index (χ2v) is 6.85. The van der Waals surface area contributed by atoms with Crippen LogP contribution in [-0.4, -0.2) is 34.9 Å². The van der Waals surface area contributed by atoms with Gasteiger partial charge in [0.2, 0.25) is 0 Å². The summed E-state index contributed by atoms with van der Waals surface area (Å²) in [6.45, 7) is 4.46. The van der Waals surface area contributed by atoms with Gasteiger partial charge in [-0.2, -0.15) is 0 Å². The van der Waals surface area contributed by atoms with Crippen LogP contribution in [0, 0.1) is 6.92 Å². The first-order valence-electron chi connectivity index (χ1n) is 9.45. The number of aromatic amines is 1. The lowest BCUT2D eigenvalue weighted by molar-refractivity contribution is -0.136. The van der Waals surface area contributed by atoms with Gasteiger partial charge in [0.15, 0.2) is 0 Å². The van der Waals surface area contributed by atoms with Crippen molar-refractivity contribution in [2.75, 3.05) is 13.2 Å². The molecule has 0 spiro atoms. The monoisotopic (exact) mass is 374 g/mol. The Hall–Kier alpha value is -3.34.